The molecule has 0 atom stereocenters. The Bertz CT molecular complexity index is 578. The Morgan fingerprint density at radius 3 is 2.75 bits per heavy atom. The average Bonchev–Trinajstić information content (AvgIpc) is 2.82. The lowest BCUT2D eigenvalue weighted by Gasteiger charge is -2.11. The van der Waals surface area contributed by atoms with Crippen molar-refractivity contribution in [1.82, 2.24) is 9.55 Å². The van der Waals surface area contributed by atoms with Crippen molar-refractivity contribution < 1.29 is 9.47 Å². The largest absolute Gasteiger partial charge is 0.493 e. The molecule has 0 saturated heterocycles. The summed E-state index contributed by atoms with van der Waals surface area (Å²) in [5.74, 6) is 2.36. The monoisotopic (exact) mass is 275 g/mol. The second-order valence-electron chi connectivity index (χ2n) is 4.47. The highest BCUT2D eigenvalue weighted by Gasteiger charge is 2.12. The van der Waals surface area contributed by atoms with Crippen molar-refractivity contribution in [3.8, 4) is 22.9 Å². The van der Waals surface area contributed by atoms with Crippen molar-refractivity contribution in [2.75, 3.05) is 20.3 Å². The molecule has 2 aromatic rings. The normalized spacial score (nSPS) is 10.6. The summed E-state index contributed by atoms with van der Waals surface area (Å²) in [7, 11) is 3.64. The predicted molar refractivity (Wildman–Crippen MR) is 79.1 cm³/mol. The van der Waals surface area contributed by atoms with Gasteiger partial charge in [0.25, 0.3) is 0 Å². The molecule has 2 rings (SSSR count). The molecule has 0 unspecified atom stereocenters. The molecular weight excluding hydrogens is 254 g/mol. The Labute approximate surface area is 119 Å². The SMILES string of the molecule is CCOc1ccc(-c2ncc(CCN)n2C)cc1OC. The zero-order valence-corrected chi connectivity index (χ0v) is 12.2. The fourth-order valence-corrected chi connectivity index (χ4v) is 2.17. The second-order valence-corrected chi connectivity index (χ2v) is 4.47. The number of rotatable bonds is 6. The van der Waals surface area contributed by atoms with E-state index in [9.17, 15) is 0 Å². The van der Waals surface area contributed by atoms with Gasteiger partial charge < -0.3 is 19.8 Å². The molecular formula is C15H21N3O2. The lowest BCUT2D eigenvalue weighted by atomic mass is 10.2. The lowest BCUT2D eigenvalue weighted by Crippen LogP contribution is -2.07. The quantitative estimate of drug-likeness (QED) is 0.876. The smallest absolute Gasteiger partial charge is 0.161 e. The van der Waals surface area contributed by atoms with Crippen molar-refractivity contribution in [2.24, 2.45) is 12.8 Å². The number of nitrogens with zero attached hydrogens (tertiary/aromatic N) is 2. The summed E-state index contributed by atoms with van der Waals surface area (Å²) in [5.41, 5.74) is 7.72. The van der Waals surface area contributed by atoms with E-state index in [4.69, 9.17) is 15.2 Å². The number of hydrogen-bond donors (Lipinski definition) is 1. The van der Waals surface area contributed by atoms with Crippen LogP contribution < -0.4 is 15.2 Å². The number of imidazole rings is 1. The molecule has 1 heterocycles. The summed E-state index contributed by atoms with van der Waals surface area (Å²) in [6.45, 7) is 3.18. The predicted octanol–water partition coefficient (Wildman–Crippen LogP) is 2.00. The van der Waals surface area contributed by atoms with Gasteiger partial charge >= 0.3 is 0 Å². The zero-order valence-electron chi connectivity index (χ0n) is 12.2. The molecule has 1 aromatic carbocycles. The van der Waals surface area contributed by atoms with E-state index in [0.717, 1.165) is 29.3 Å². The van der Waals surface area contributed by atoms with Crippen LogP contribution in [0.5, 0.6) is 11.5 Å². The fourth-order valence-electron chi connectivity index (χ4n) is 2.17. The maximum atomic E-state index is 5.60. The number of benzene rings is 1. The van der Waals surface area contributed by atoms with Crippen LogP contribution in [0.4, 0.5) is 0 Å². The summed E-state index contributed by atoms with van der Waals surface area (Å²) in [4.78, 5) is 4.47. The number of aromatic nitrogens is 2. The van der Waals surface area contributed by atoms with Crippen molar-refractivity contribution in [3.63, 3.8) is 0 Å². The highest BCUT2D eigenvalue weighted by atomic mass is 16.5. The Balaban J connectivity index is 2.38. The number of nitrogens with two attached hydrogens (primary N) is 1. The van der Waals surface area contributed by atoms with Crippen LogP contribution in [0.25, 0.3) is 11.4 Å². The standard InChI is InChI=1S/C15H21N3O2/c1-4-20-13-6-5-11(9-14(13)19-3)15-17-10-12(7-8-16)18(15)2/h5-6,9-10H,4,7-8,16H2,1-3H3. The topological polar surface area (TPSA) is 62.3 Å². The Morgan fingerprint density at radius 2 is 2.10 bits per heavy atom. The van der Waals surface area contributed by atoms with Crippen LogP contribution in [0.3, 0.4) is 0 Å². The molecule has 0 spiro atoms. The third kappa shape index (κ3) is 2.77. The van der Waals surface area contributed by atoms with Crippen molar-refractivity contribution in [1.29, 1.82) is 0 Å². The summed E-state index contributed by atoms with van der Waals surface area (Å²) < 4.78 is 13.0. The maximum Gasteiger partial charge on any atom is 0.161 e. The van der Waals surface area contributed by atoms with E-state index >= 15 is 0 Å². The summed E-state index contributed by atoms with van der Waals surface area (Å²) >= 11 is 0. The first-order chi connectivity index (χ1) is 9.71. The minimum Gasteiger partial charge on any atom is -0.493 e. The third-order valence-electron chi connectivity index (χ3n) is 3.21. The summed E-state index contributed by atoms with van der Waals surface area (Å²) in [6.07, 6.45) is 2.68. The fraction of sp³-hybridized carbons (Fsp3) is 0.400. The Kier molecular flexibility index (Phi) is 4.63. The molecule has 0 aliphatic heterocycles. The molecule has 0 saturated carbocycles. The average molecular weight is 275 g/mol. The number of hydrogen-bond acceptors (Lipinski definition) is 4. The maximum absolute atomic E-state index is 5.60. The molecule has 1 aromatic heterocycles. The van der Waals surface area contributed by atoms with Gasteiger partial charge in [0.2, 0.25) is 0 Å². The van der Waals surface area contributed by atoms with Gasteiger partial charge in [0.15, 0.2) is 11.5 Å². The van der Waals surface area contributed by atoms with E-state index in [0.29, 0.717) is 18.9 Å². The molecule has 108 valence electrons. The molecule has 0 amide bonds. The Hall–Kier alpha value is -2.01. The highest BCUT2D eigenvalue weighted by Crippen LogP contribution is 2.32. The number of methoxy groups -OCH3 is 1. The van der Waals surface area contributed by atoms with Crippen molar-refractivity contribution in [2.45, 2.75) is 13.3 Å². The minimum atomic E-state index is 0.610. The molecule has 0 fully saturated rings. The summed E-state index contributed by atoms with van der Waals surface area (Å²) in [5, 5.41) is 0. The van der Waals surface area contributed by atoms with E-state index in [1.54, 1.807) is 7.11 Å². The molecule has 0 radical (unpaired) electrons. The van der Waals surface area contributed by atoms with Crippen molar-refractivity contribution in [3.05, 3.63) is 30.1 Å². The van der Waals surface area contributed by atoms with Gasteiger partial charge in [0.05, 0.1) is 13.7 Å². The molecule has 5 nitrogen and oxygen atoms in total. The van der Waals surface area contributed by atoms with Gasteiger partial charge in [0, 0.05) is 30.9 Å². The molecule has 0 bridgehead atoms. The first-order valence-electron chi connectivity index (χ1n) is 6.73. The van der Waals surface area contributed by atoms with Crippen LogP contribution in [0, 0.1) is 0 Å². The van der Waals surface area contributed by atoms with Crippen LogP contribution in [-0.2, 0) is 13.5 Å². The number of ether oxygens (including phenoxy) is 2. The molecule has 0 aliphatic rings. The molecule has 5 heteroatoms. The lowest BCUT2D eigenvalue weighted by molar-refractivity contribution is 0.311. The van der Waals surface area contributed by atoms with Gasteiger partial charge in [-0.3, -0.25) is 0 Å². The van der Waals surface area contributed by atoms with Gasteiger partial charge in [-0.05, 0) is 31.7 Å². The van der Waals surface area contributed by atoms with Gasteiger partial charge in [0.1, 0.15) is 5.82 Å². The van der Waals surface area contributed by atoms with E-state index in [-0.39, 0.29) is 0 Å². The molecule has 20 heavy (non-hydrogen) atoms. The molecule has 2 N–H and O–H groups in total. The summed E-state index contributed by atoms with van der Waals surface area (Å²) in [6, 6.07) is 5.84. The van der Waals surface area contributed by atoms with Gasteiger partial charge in [-0.15, -0.1) is 0 Å². The molecule has 0 aliphatic carbocycles. The highest BCUT2D eigenvalue weighted by molar-refractivity contribution is 5.62. The van der Waals surface area contributed by atoms with E-state index < -0.39 is 0 Å². The Morgan fingerprint density at radius 1 is 1.30 bits per heavy atom. The van der Waals surface area contributed by atoms with E-state index in [2.05, 4.69) is 9.55 Å². The second kappa shape index (κ2) is 6.43. The van der Waals surface area contributed by atoms with Gasteiger partial charge in [-0.25, -0.2) is 4.98 Å². The third-order valence-corrected chi connectivity index (χ3v) is 3.21. The van der Waals surface area contributed by atoms with Crippen molar-refractivity contribution >= 4 is 0 Å². The first kappa shape index (κ1) is 14.4. The van der Waals surface area contributed by atoms with Crippen LogP contribution in [0.2, 0.25) is 0 Å². The van der Waals surface area contributed by atoms with E-state index in [1.807, 2.05) is 38.4 Å². The van der Waals surface area contributed by atoms with Crippen LogP contribution in [0.1, 0.15) is 12.6 Å². The van der Waals surface area contributed by atoms with Crippen LogP contribution in [0.15, 0.2) is 24.4 Å². The minimum absolute atomic E-state index is 0.610. The van der Waals surface area contributed by atoms with Crippen LogP contribution >= 0.6 is 0 Å². The zero-order chi connectivity index (χ0) is 14.5. The van der Waals surface area contributed by atoms with Crippen LogP contribution in [-0.4, -0.2) is 29.8 Å². The van der Waals surface area contributed by atoms with E-state index in [1.165, 1.54) is 0 Å². The first-order valence-corrected chi connectivity index (χ1v) is 6.73. The van der Waals surface area contributed by atoms with Gasteiger partial charge in [-0.2, -0.15) is 0 Å². The van der Waals surface area contributed by atoms with Gasteiger partial charge in [-0.1, -0.05) is 0 Å².